The van der Waals surface area contributed by atoms with Gasteiger partial charge in [-0.15, -0.1) is 11.3 Å². The van der Waals surface area contributed by atoms with Crippen molar-refractivity contribution in [2.75, 3.05) is 18.0 Å². The minimum atomic E-state index is 0.118. The van der Waals surface area contributed by atoms with Gasteiger partial charge in [0.05, 0.1) is 12.1 Å². The summed E-state index contributed by atoms with van der Waals surface area (Å²) >= 11 is 1.67. The zero-order valence-corrected chi connectivity index (χ0v) is 13.9. The Morgan fingerprint density at radius 2 is 2.32 bits per heavy atom. The number of likely N-dealkylation sites (N-methyl/N-ethyl adjacent to an activating group) is 1. The number of carbonyl (C=O) groups is 1. The normalized spacial score (nSPS) is 13.7. The van der Waals surface area contributed by atoms with Crippen molar-refractivity contribution in [3.63, 3.8) is 0 Å². The lowest BCUT2D eigenvalue weighted by Crippen LogP contribution is -2.32. The second-order valence-corrected chi connectivity index (χ2v) is 6.73. The van der Waals surface area contributed by atoms with Crippen LogP contribution in [0.15, 0.2) is 24.3 Å². The highest BCUT2D eigenvalue weighted by atomic mass is 32.1. The molecule has 0 saturated carbocycles. The third-order valence-electron chi connectivity index (χ3n) is 3.88. The lowest BCUT2D eigenvalue weighted by Gasteiger charge is -2.21. The fourth-order valence-electron chi connectivity index (χ4n) is 2.78. The highest BCUT2D eigenvalue weighted by Crippen LogP contribution is 2.23. The van der Waals surface area contributed by atoms with E-state index in [1.807, 2.05) is 36.9 Å². The Morgan fingerprint density at radius 1 is 1.45 bits per heavy atom. The van der Waals surface area contributed by atoms with Crippen molar-refractivity contribution in [1.29, 1.82) is 0 Å². The largest absolute Gasteiger partial charge is 0.312 e. The number of thiazole rings is 1. The highest BCUT2D eigenvalue weighted by Gasteiger charge is 2.19. The summed E-state index contributed by atoms with van der Waals surface area (Å²) in [7, 11) is 0. The summed E-state index contributed by atoms with van der Waals surface area (Å²) in [6, 6.07) is 8.08. The van der Waals surface area contributed by atoms with E-state index in [4.69, 9.17) is 0 Å². The molecule has 1 aromatic heterocycles. The lowest BCUT2D eigenvalue weighted by atomic mass is 10.2. The van der Waals surface area contributed by atoms with Gasteiger partial charge >= 0.3 is 0 Å². The second kappa shape index (κ2) is 6.58. The maximum Gasteiger partial charge on any atom is 0.233 e. The summed E-state index contributed by atoms with van der Waals surface area (Å²) in [5.74, 6) is 0.118. The Bertz CT molecular complexity index is 657. The SMILES string of the molecule is CCN(C(=O)Cc1nc2c(s1)CNCC2)c1cccc(C)c1. The van der Waals surface area contributed by atoms with E-state index < -0.39 is 0 Å². The number of aromatic nitrogens is 1. The molecule has 22 heavy (non-hydrogen) atoms. The van der Waals surface area contributed by atoms with Crippen LogP contribution in [-0.2, 0) is 24.2 Å². The van der Waals surface area contributed by atoms with Gasteiger partial charge in [-0.25, -0.2) is 4.98 Å². The predicted octanol–water partition coefficient (Wildman–Crippen LogP) is 2.69. The first kappa shape index (κ1) is 15.2. The molecule has 1 N–H and O–H groups in total. The van der Waals surface area contributed by atoms with Crippen LogP contribution in [0.2, 0.25) is 0 Å². The van der Waals surface area contributed by atoms with E-state index in [2.05, 4.69) is 16.4 Å². The number of amides is 1. The van der Waals surface area contributed by atoms with Gasteiger partial charge in [-0.05, 0) is 31.5 Å². The van der Waals surface area contributed by atoms with E-state index in [1.54, 1.807) is 11.3 Å². The van der Waals surface area contributed by atoms with E-state index >= 15 is 0 Å². The van der Waals surface area contributed by atoms with Crippen LogP contribution in [0, 0.1) is 6.92 Å². The van der Waals surface area contributed by atoms with Crippen LogP contribution in [0.3, 0.4) is 0 Å². The van der Waals surface area contributed by atoms with Crippen molar-refractivity contribution >= 4 is 22.9 Å². The standard InChI is InChI=1S/C17H21N3OS/c1-3-20(13-6-4-5-12(2)9-13)17(21)10-16-19-14-7-8-18-11-15(14)22-16/h4-6,9,18H,3,7-8,10-11H2,1-2H3. The summed E-state index contributed by atoms with van der Waals surface area (Å²) in [5, 5.41) is 4.28. The van der Waals surface area contributed by atoms with E-state index in [-0.39, 0.29) is 5.91 Å². The van der Waals surface area contributed by atoms with Crippen LogP contribution in [-0.4, -0.2) is 24.0 Å². The molecule has 1 aliphatic rings. The van der Waals surface area contributed by atoms with E-state index in [0.717, 1.165) is 30.2 Å². The molecular formula is C17H21N3OS. The number of nitrogens with one attached hydrogen (secondary N) is 1. The van der Waals surface area contributed by atoms with E-state index in [9.17, 15) is 4.79 Å². The molecule has 0 saturated heterocycles. The van der Waals surface area contributed by atoms with Gasteiger partial charge in [-0.3, -0.25) is 4.79 Å². The summed E-state index contributed by atoms with van der Waals surface area (Å²) in [4.78, 5) is 20.4. The average Bonchev–Trinajstić information content (AvgIpc) is 2.90. The maximum atomic E-state index is 12.6. The molecule has 0 radical (unpaired) electrons. The second-order valence-electron chi connectivity index (χ2n) is 5.56. The molecule has 4 nitrogen and oxygen atoms in total. The molecule has 0 atom stereocenters. The third kappa shape index (κ3) is 3.20. The molecule has 3 rings (SSSR count). The number of hydrogen-bond donors (Lipinski definition) is 1. The first-order valence-corrected chi connectivity index (χ1v) is 8.54. The number of carbonyl (C=O) groups excluding carboxylic acids is 1. The summed E-state index contributed by atoms with van der Waals surface area (Å²) in [6.45, 7) is 6.60. The Balaban J connectivity index is 1.76. The number of hydrogen-bond acceptors (Lipinski definition) is 4. The molecule has 0 spiro atoms. The zero-order chi connectivity index (χ0) is 15.5. The number of nitrogens with zero attached hydrogens (tertiary/aromatic N) is 2. The molecule has 0 unspecified atom stereocenters. The topological polar surface area (TPSA) is 45.2 Å². The maximum absolute atomic E-state index is 12.6. The molecule has 0 aliphatic carbocycles. The monoisotopic (exact) mass is 315 g/mol. The average molecular weight is 315 g/mol. The smallest absolute Gasteiger partial charge is 0.233 e. The molecule has 2 heterocycles. The van der Waals surface area contributed by atoms with Gasteiger partial charge in [0.25, 0.3) is 0 Å². The van der Waals surface area contributed by atoms with Crippen molar-refractivity contribution in [1.82, 2.24) is 10.3 Å². The van der Waals surface area contributed by atoms with Gasteiger partial charge in [0, 0.05) is 36.6 Å². The molecule has 1 aromatic carbocycles. The molecule has 2 aromatic rings. The molecule has 0 fully saturated rings. The third-order valence-corrected chi connectivity index (χ3v) is 4.98. The van der Waals surface area contributed by atoms with Crippen LogP contribution in [0.5, 0.6) is 0 Å². The van der Waals surface area contributed by atoms with Crippen LogP contribution in [0.4, 0.5) is 5.69 Å². The van der Waals surface area contributed by atoms with E-state index in [1.165, 1.54) is 16.1 Å². The lowest BCUT2D eigenvalue weighted by molar-refractivity contribution is -0.117. The summed E-state index contributed by atoms with van der Waals surface area (Å²) < 4.78 is 0. The van der Waals surface area contributed by atoms with Gasteiger partial charge in [0.2, 0.25) is 5.91 Å². The van der Waals surface area contributed by atoms with Gasteiger partial charge in [-0.1, -0.05) is 12.1 Å². The fraction of sp³-hybridized carbons (Fsp3) is 0.412. The molecule has 0 bridgehead atoms. The van der Waals surface area contributed by atoms with E-state index in [0.29, 0.717) is 13.0 Å². The quantitative estimate of drug-likeness (QED) is 0.943. The highest BCUT2D eigenvalue weighted by molar-refractivity contribution is 7.11. The van der Waals surface area contributed by atoms with Gasteiger partial charge < -0.3 is 10.2 Å². The molecule has 1 aliphatic heterocycles. The van der Waals surface area contributed by atoms with Crippen LogP contribution >= 0.6 is 11.3 Å². The van der Waals surface area contributed by atoms with Crippen molar-refractivity contribution < 1.29 is 4.79 Å². The van der Waals surface area contributed by atoms with Crippen LogP contribution < -0.4 is 10.2 Å². The van der Waals surface area contributed by atoms with Crippen molar-refractivity contribution in [3.05, 3.63) is 45.4 Å². The zero-order valence-electron chi connectivity index (χ0n) is 13.1. The fourth-order valence-corrected chi connectivity index (χ4v) is 3.85. The van der Waals surface area contributed by atoms with Gasteiger partial charge in [0.15, 0.2) is 0 Å². The molecular weight excluding hydrogens is 294 g/mol. The summed E-state index contributed by atoms with van der Waals surface area (Å²) in [6.07, 6.45) is 1.36. The Morgan fingerprint density at radius 3 is 3.05 bits per heavy atom. The molecule has 1 amide bonds. The minimum absolute atomic E-state index is 0.118. The Labute approximate surface area is 135 Å². The molecule has 5 heteroatoms. The van der Waals surface area contributed by atoms with Gasteiger partial charge in [0.1, 0.15) is 5.01 Å². The first-order chi connectivity index (χ1) is 10.7. The number of rotatable bonds is 4. The predicted molar refractivity (Wildman–Crippen MR) is 90.4 cm³/mol. The number of anilines is 1. The van der Waals surface area contributed by atoms with Crippen molar-refractivity contribution in [3.8, 4) is 0 Å². The number of fused-ring (bicyclic) bond motifs is 1. The summed E-state index contributed by atoms with van der Waals surface area (Å²) in [5.41, 5.74) is 3.31. The van der Waals surface area contributed by atoms with Gasteiger partial charge in [-0.2, -0.15) is 0 Å². The van der Waals surface area contributed by atoms with Crippen molar-refractivity contribution in [2.24, 2.45) is 0 Å². The Hall–Kier alpha value is -1.72. The van der Waals surface area contributed by atoms with Crippen LogP contribution in [0.25, 0.3) is 0 Å². The van der Waals surface area contributed by atoms with Crippen LogP contribution in [0.1, 0.15) is 28.1 Å². The van der Waals surface area contributed by atoms with Crippen molar-refractivity contribution in [2.45, 2.75) is 33.2 Å². The molecule has 116 valence electrons. The number of aryl methyl sites for hydroxylation is 1. The first-order valence-electron chi connectivity index (χ1n) is 7.72. The number of benzene rings is 1. The minimum Gasteiger partial charge on any atom is -0.312 e. The Kier molecular flexibility index (Phi) is 4.55.